The SMILES string of the molecule is CC(C)Oc1ccc(-c2noc(-c3ccc(CNCC4COC(C)(C)C4)cc3)n2)cc1Cl. The molecule has 0 amide bonds. The van der Waals surface area contributed by atoms with Crippen LogP contribution in [-0.2, 0) is 11.3 Å². The van der Waals surface area contributed by atoms with Crippen molar-refractivity contribution in [3.05, 3.63) is 53.1 Å². The van der Waals surface area contributed by atoms with Crippen molar-refractivity contribution in [1.29, 1.82) is 0 Å². The number of hydrogen-bond donors (Lipinski definition) is 1. The molecule has 1 aliphatic heterocycles. The van der Waals surface area contributed by atoms with Gasteiger partial charge >= 0.3 is 0 Å². The molecule has 1 unspecified atom stereocenters. The zero-order chi connectivity index (χ0) is 22.7. The van der Waals surface area contributed by atoms with Gasteiger partial charge in [0.2, 0.25) is 5.82 Å². The van der Waals surface area contributed by atoms with Crippen LogP contribution in [0.2, 0.25) is 5.02 Å². The Morgan fingerprint density at radius 2 is 1.91 bits per heavy atom. The Kier molecular flexibility index (Phi) is 6.84. The second-order valence-corrected chi connectivity index (χ2v) is 9.61. The molecule has 4 rings (SSSR count). The quantitative estimate of drug-likeness (QED) is 0.466. The number of halogens is 1. The highest BCUT2D eigenvalue weighted by Crippen LogP contribution is 2.31. The van der Waals surface area contributed by atoms with Crippen molar-refractivity contribution in [1.82, 2.24) is 15.5 Å². The summed E-state index contributed by atoms with van der Waals surface area (Å²) in [4.78, 5) is 4.53. The summed E-state index contributed by atoms with van der Waals surface area (Å²) < 4.78 is 17.0. The normalized spacial score (nSPS) is 17.8. The van der Waals surface area contributed by atoms with Crippen molar-refractivity contribution < 1.29 is 14.0 Å². The molecule has 32 heavy (non-hydrogen) atoms. The Hall–Kier alpha value is -2.41. The lowest BCUT2D eigenvalue weighted by molar-refractivity contribution is 0.0350. The van der Waals surface area contributed by atoms with Crippen LogP contribution in [-0.4, -0.2) is 35.0 Å². The number of aromatic nitrogens is 2. The van der Waals surface area contributed by atoms with E-state index in [4.69, 9.17) is 25.6 Å². The van der Waals surface area contributed by atoms with Crippen LogP contribution in [0.4, 0.5) is 0 Å². The predicted octanol–water partition coefficient (Wildman–Crippen LogP) is 5.75. The molecule has 0 aliphatic carbocycles. The van der Waals surface area contributed by atoms with Crippen molar-refractivity contribution in [2.75, 3.05) is 13.2 Å². The molecule has 7 heteroatoms. The molecule has 1 fully saturated rings. The third-order valence-corrected chi connectivity index (χ3v) is 5.73. The van der Waals surface area contributed by atoms with Crippen LogP contribution in [0.1, 0.15) is 39.7 Å². The molecule has 0 bridgehead atoms. The van der Waals surface area contributed by atoms with Gasteiger partial charge in [0.15, 0.2) is 0 Å². The van der Waals surface area contributed by atoms with Crippen molar-refractivity contribution in [2.45, 2.75) is 52.4 Å². The third kappa shape index (κ3) is 5.68. The van der Waals surface area contributed by atoms with Gasteiger partial charge in [-0.1, -0.05) is 28.9 Å². The van der Waals surface area contributed by atoms with Crippen LogP contribution >= 0.6 is 11.6 Å². The van der Waals surface area contributed by atoms with E-state index in [-0.39, 0.29) is 11.7 Å². The molecule has 1 N–H and O–H groups in total. The fourth-order valence-corrected chi connectivity index (χ4v) is 4.15. The summed E-state index contributed by atoms with van der Waals surface area (Å²) in [6.45, 7) is 10.8. The Balaban J connectivity index is 1.35. The molecule has 0 radical (unpaired) electrons. The van der Waals surface area contributed by atoms with Crippen molar-refractivity contribution in [3.63, 3.8) is 0 Å². The van der Waals surface area contributed by atoms with Crippen LogP contribution in [0.25, 0.3) is 22.8 Å². The van der Waals surface area contributed by atoms with Gasteiger partial charge in [0.1, 0.15) is 5.75 Å². The molecule has 0 saturated carbocycles. The minimum atomic E-state index is 0.00611. The fourth-order valence-electron chi connectivity index (χ4n) is 3.92. The monoisotopic (exact) mass is 455 g/mol. The number of nitrogens with zero attached hydrogens (tertiary/aromatic N) is 2. The molecule has 1 saturated heterocycles. The van der Waals surface area contributed by atoms with Gasteiger partial charge in [-0.05, 0) is 75.9 Å². The first kappa shape index (κ1) is 22.8. The Labute approximate surface area is 194 Å². The summed E-state index contributed by atoms with van der Waals surface area (Å²) in [5.41, 5.74) is 2.87. The van der Waals surface area contributed by atoms with Crippen LogP contribution in [0.15, 0.2) is 47.0 Å². The van der Waals surface area contributed by atoms with Gasteiger partial charge in [0.05, 0.1) is 23.3 Å². The molecule has 2 heterocycles. The van der Waals surface area contributed by atoms with Crippen molar-refractivity contribution in [3.8, 4) is 28.6 Å². The molecule has 0 spiro atoms. The zero-order valence-corrected chi connectivity index (χ0v) is 19.8. The van der Waals surface area contributed by atoms with Crippen LogP contribution < -0.4 is 10.1 Å². The van der Waals surface area contributed by atoms with Gasteiger partial charge in [-0.2, -0.15) is 4.98 Å². The Morgan fingerprint density at radius 1 is 1.16 bits per heavy atom. The molecular formula is C25H30ClN3O3. The molecule has 170 valence electrons. The summed E-state index contributed by atoms with van der Waals surface area (Å²) >= 11 is 6.34. The van der Waals surface area contributed by atoms with Gasteiger partial charge in [-0.15, -0.1) is 0 Å². The Bertz CT molecular complexity index is 1050. The minimum absolute atomic E-state index is 0.00611. The van der Waals surface area contributed by atoms with E-state index in [0.29, 0.717) is 28.4 Å². The molecule has 1 aromatic heterocycles. The summed E-state index contributed by atoms with van der Waals surface area (Å²) in [6, 6.07) is 13.7. The van der Waals surface area contributed by atoms with E-state index in [1.165, 1.54) is 5.56 Å². The predicted molar refractivity (Wildman–Crippen MR) is 126 cm³/mol. The van der Waals surface area contributed by atoms with Gasteiger partial charge in [0.25, 0.3) is 5.89 Å². The maximum atomic E-state index is 6.34. The maximum absolute atomic E-state index is 6.34. The lowest BCUT2D eigenvalue weighted by Gasteiger charge is -2.15. The van der Waals surface area contributed by atoms with Gasteiger partial charge < -0.3 is 19.3 Å². The molecule has 1 aliphatic rings. The average molecular weight is 456 g/mol. The highest BCUT2D eigenvalue weighted by Gasteiger charge is 2.31. The summed E-state index contributed by atoms with van der Waals surface area (Å²) in [5.74, 6) is 2.18. The van der Waals surface area contributed by atoms with E-state index in [2.05, 4.69) is 41.4 Å². The first-order valence-electron chi connectivity index (χ1n) is 11.0. The van der Waals surface area contributed by atoms with E-state index in [1.807, 2.05) is 38.1 Å². The molecular weight excluding hydrogens is 426 g/mol. The maximum Gasteiger partial charge on any atom is 0.258 e. The fraction of sp³-hybridized carbons (Fsp3) is 0.440. The van der Waals surface area contributed by atoms with Crippen molar-refractivity contribution >= 4 is 11.6 Å². The number of hydrogen-bond acceptors (Lipinski definition) is 6. The average Bonchev–Trinajstić information content (AvgIpc) is 3.36. The molecule has 3 aromatic rings. The first-order valence-corrected chi connectivity index (χ1v) is 11.4. The lowest BCUT2D eigenvalue weighted by atomic mass is 9.98. The largest absolute Gasteiger partial charge is 0.489 e. The zero-order valence-electron chi connectivity index (χ0n) is 19.0. The van der Waals surface area contributed by atoms with Crippen LogP contribution in [0, 0.1) is 5.92 Å². The van der Waals surface area contributed by atoms with Gasteiger partial charge in [0, 0.05) is 24.2 Å². The molecule has 1 atom stereocenters. The number of rotatable bonds is 8. The van der Waals surface area contributed by atoms with Gasteiger partial charge in [-0.3, -0.25) is 0 Å². The second kappa shape index (κ2) is 9.61. The van der Waals surface area contributed by atoms with Crippen LogP contribution in [0.3, 0.4) is 0 Å². The Morgan fingerprint density at radius 3 is 2.56 bits per heavy atom. The number of nitrogens with one attached hydrogen (secondary N) is 1. The van der Waals surface area contributed by atoms with Crippen LogP contribution in [0.5, 0.6) is 5.75 Å². The molecule has 6 nitrogen and oxygen atoms in total. The number of ether oxygens (including phenoxy) is 2. The summed E-state index contributed by atoms with van der Waals surface area (Å²) in [5, 5.41) is 8.17. The van der Waals surface area contributed by atoms with Crippen molar-refractivity contribution in [2.24, 2.45) is 5.92 Å². The van der Waals surface area contributed by atoms with E-state index < -0.39 is 0 Å². The van der Waals surface area contributed by atoms with E-state index >= 15 is 0 Å². The topological polar surface area (TPSA) is 69.4 Å². The smallest absolute Gasteiger partial charge is 0.258 e. The molecule has 2 aromatic carbocycles. The standard InChI is InChI=1S/C25H30ClN3O3/c1-16(2)31-22-10-9-20(11-21(22)26)23-28-24(32-29-23)19-7-5-17(6-8-19)13-27-14-18-12-25(3,4)30-15-18/h5-11,16,18,27H,12-15H2,1-4H3. The summed E-state index contributed by atoms with van der Waals surface area (Å²) in [7, 11) is 0. The minimum Gasteiger partial charge on any atom is -0.489 e. The van der Waals surface area contributed by atoms with E-state index in [9.17, 15) is 0 Å². The first-order chi connectivity index (χ1) is 15.3. The van der Waals surface area contributed by atoms with Gasteiger partial charge in [-0.25, -0.2) is 0 Å². The summed E-state index contributed by atoms with van der Waals surface area (Å²) in [6.07, 6.45) is 1.15. The second-order valence-electron chi connectivity index (χ2n) is 9.20. The third-order valence-electron chi connectivity index (χ3n) is 5.43. The lowest BCUT2D eigenvalue weighted by Crippen LogP contribution is -2.23. The highest BCUT2D eigenvalue weighted by atomic mass is 35.5. The highest BCUT2D eigenvalue weighted by molar-refractivity contribution is 6.32. The number of benzene rings is 2. The van der Waals surface area contributed by atoms with E-state index in [1.54, 1.807) is 6.07 Å². The van der Waals surface area contributed by atoms with E-state index in [0.717, 1.165) is 37.2 Å².